The van der Waals surface area contributed by atoms with E-state index in [1.807, 2.05) is 30.3 Å². The van der Waals surface area contributed by atoms with E-state index in [0.717, 1.165) is 4.57 Å². The van der Waals surface area contributed by atoms with Crippen LogP contribution in [-0.2, 0) is 20.7 Å². The number of rotatable bonds is 3. The molecule has 0 saturated carbocycles. The molecule has 0 N–H and O–H groups in total. The molecule has 18 heavy (non-hydrogen) atoms. The number of benzene rings is 1. The van der Waals surface area contributed by atoms with Gasteiger partial charge in [0.05, 0.1) is 5.69 Å². The quantitative estimate of drug-likeness (QED) is 0.799. The summed E-state index contributed by atoms with van der Waals surface area (Å²) >= 11 is 0. The Kier molecular flexibility index (Phi) is 3.32. The van der Waals surface area contributed by atoms with Crippen molar-refractivity contribution in [2.75, 3.05) is 0 Å². The molecule has 0 aliphatic carbocycles. The first-order valence-corrected chi connectivity index (χ1v) is 5.53. The van der Waals surface area contributed by atoms with Crippen LogP contribution in [-0.4, -0.2) is 9.13 Å². The smallest absolute Gasteiger partial charge is 0.330 e. The summed E-state index contributed by atoms with van der Waals surface area (Å²) in [6, 6.07) is 10.7. The van der Waals surface area contributed by atoms with Gasteiger partial charge in [0.25, 0.3) is 5.56 Å². The van der Waals surface area contributed by atoms with Gasteiger partial charge in [-0.3, -0.25) is 13.9 Å². The second-order valence-electron chi connectivity index (χ2n) is 3.98. The molecule has 0 radical (unpaired) electrons. The van der Waals surface area contributed by atoms with Crippen LogP contribution in [0.25, 0.3) is 0 Å². The lowest BCUT2D eigenvalue weighted by atomic mass is 10.3. The van der Waals surface area contributed by atoms with E-state index in [1.54, 1.807) is 7.05 Å². The molecule has 0 atom stereocenters. The van der Waals surface area contributed by atoms with Crippen molar-refractivity contribution in [3.8, 4) is 5.75 Å². The Labute approximate surface area is 104 Å². The molecule has 94 valence electrons. The molecular formula is C13H14N2O3. The van der Waals surface area contributed by atoms with E-state index >= 15 is 0 Å². The zero-order chi connectivity index (χ0) is 13.1. The summed E-state index contributed by atoms with van der Waals surface area (Å²) in [6.45, 7) is 0.186. The van der Waals surface area contributed by atoms with Crippen LogP contribution in [0.3, 0.4) is 0 Å². The highest BCUT2D eigenvalue weighted by Gasteiger charge is 2.06. The van der Waals surface area contributed by atoms with Crippen LogP contribution in [0.4, 0.5) is 0 Å². The van der Waals surface area contributed by atoms with Crippen LogP contribution in [0.2, 0.25) is 0 Å². The molecule has 0 aliphatic rings. The van der Waals surface area contributed by atoms with Gasteiger partial charge >= 0.3 is 5.69 Å². The topological polar surface area (TPSA) is 53.2 Å². The van der Waals surface area contributed by atoms with E-state index in [0.29, 0.717) is 11.4 Å². The molecule has 0 unspecified atom stereocenters. The van der Waals surface area contributed by atoms with Gasteiger partial charge in [-0.25, -0.2) is 4.79 Å². The number of para-hydroxylation sites is 1. The number of hydrogen-bond donors (Lipinski definition) is 0. The molecule has 0 saturated heterocycles. The maximum Gasteiger partial charge on any atom is 0.330 e. The Morgan fingerprint density at radius 1 is 1.06 bits per heavy atom. The normalized spacial score (nSPS) is 10.3. The van der Waals surface area contributed by atoms with Crippen molar-refractivity contribution in [1.29, 1.82) is 0 Å². The molecule has 2 aromatic rings. The van der Waals surface area contributed by atoms with Crippen molar-refractivity contribution in [2.24, 2.45) is 14.1 Å². The lowest BCUT2D eigenvalue weighted by molar-refractivity contribution is 0.293. The van der Waals surface area contributed by atoms with Crippen molar-refractivity contribution in [1.82, 2.24) is 9.13 Å². The van der Waals surface area contributed by atoms with E-state index in [1.165, 1.54) is 17.7 Å². The highest BCUT2D eigenvalue weighted by Crippen LogP contribution is 2.10. The van der Waals surface area contributed by atoms with Crippen LogP contribution >= 0.6 is 0 Å². The second kappa shape index (κ2) is 4.91. The fourth-order valence-electron chi connectivity index (χ4n) is 1.59. The Bertz CT molecular complexity index is 656. The fraction of sp³-hybridized carbons (Fsp3) is 0.231. The summed E-state index contributed by atoms with van der Waals surface area (Å²) in [7, 11) is 3.07. The molecular weight excluding hydrogens is 232 g/mol. The van der Waals surface area contributed by atoms with E-state index in [-0.39, 0.29) is 17.9 Å². The SMILES string of the molecule is Cn1c(COc2ccccc2)cc(=O)n(C)c1=O. The van der Waals surface area contributed by atoms with E-state index in [9.17, 15) is 9.59 Å². The van der Waals surface area contributed by atoms with Gasteiger partial charge in [-0.1, -0.05) is 18.2 Å². The minimum Gasteiger partial charge on any atom is -0.487 e. The van der Waals surface area contributed by atoms with Gasteiger partial charge in [0.2, 0.25) is 0 Å². The summed E-state index contributed by atoms with van der Waals surface area (Å²) in [4.78, 5) is 23.2. The third-order valence-electron chi connectivity index (χ3n) is 2.76. The van der Waals surface area contributed by atoms with Crippen molar-refractivity contribution < 1.29 is 4.74 Å². The maximum atomic E-state index is 11.7. The van der Waals surface area contributed by atoms with Crippen molar-refractivity contribution in [3.05, 3.63) is 62.9 Å². The summed E-state index contributed by atoms with van der Waals surface area (Å²) < 4.78 is 7.98. The minimum atomic E-state index is -0.353. The van der Waals surface area contributed by atoms with E-state index in [4.69, 9.17) is 4.74 Å². The lowest BCUT2D eigenvalue weighted by Crippen LogP contribution is -2.38. The van der Waals surface area contributed by atoms with Crippen molar-refractivity contribution in [2.45, 2.75) is 6.61 Å². The minimum absolute atomic E-state index is 0.186. The van der Waals surface area contributed by atoms with Crippen molar-refractivity contribution >= 4 is 0 Å². The molecule has 0 aliphatic heterocycles. The Balaban J connectivity index is 2.26. The standard InChI is InChI=1S/C13H14N2O3/c1-14-10(8-12(16)15(2)13(14)17)9-18-11-6-4-3-5-7-11/h3-8H,9H2,1-2H3. The molecule has 0 bridgehead atoms. The van der Waals surface area contributed by atoms with Gasteiger partial charge in [0.15, 0.2) is 0 Å². The number of hydrogen-bond acceptors (Lipinski definition) is 3. The first kappa shape index (κ1) is 12.2. The summed E-state index contributed by atoms with van der Waals surface area (Å²) in [6.07, 6.45) is 0. The Hall–Kier alpha value is -2.30. The number of ether oxygens (including phenoxy) is 1. The lowest BCUT2D eigenvalue weighted by Gasteiger charge is -2.10. The highest BCUT2D eigenvalue weighted by molar-refractivity contribution is 5.21. The molecule has 1 aromatic heterocycles. The van der Waals surface area contributed by atoms with Gasteiger partial charge in [0, 0.05) is 20.2 Å². The van der Waals surface area contributed by atoms with Crippen LogP contribution in [0.15, 0.2) is 46.0 Å². The molecule has 0 fully saturated rings. The Morgan fingerprint density at radius 2 is 1.72 bits per heavy atom. The zero-order valence-electron chi connectivity index (χ0n) is 10.3. The van der Waals surface area contributed by atoms with Gasteiger partial charge < -0.3 is 4.74 Å². The van der Waals surface area contributed by atoms with Crippen LogP contribution < -0.4 is 16.0 Å². The van der Waals surface area contributed by atoms with Gasteiger partial charge in [-0.05, 0) is 12.1 Å². The predicted molar refractivity (Wildman–Crippen MR) is 67.7 cm³/mol. The third kappa shape index (κ3) is 2.34. The summed E-state index contributed by atoms with van der Waals surface area (Å²) in [5, 5.41) is 0. The molecule has 0 amide bonds. The first-order chi connectivity index (χ1) is 8.59. The van der Waals surface area contributed by atoms with E-state index in [2.05, 4.69) is 0 Å². The average Bonchev–Trinajstić information content (AvgIpc) is 2.40. The summed E-state index contributed by atoms with van der Waals surface area (Å²) in [5.74, 6) is 0.700. The molecule has 1 heterocycles. The zero-order valence-corrected chi connectivity index (χ0v) is 10.3. The highest BCUT2D eigenvalue weighted by atomic mass is 16.5. The number of aromatic nitrogens is 2. The van der Waals surface area contributed by atoms with Crippen LogP contribution in [0.5, 0.6) is 5.75 Å². The average molecular weight is 246 g/mol. The van der Waals surface area contributed by atoms with E-state index < -0.39 is 0 Å². The molecule has 5 nitrogen and oxygen atoms in total. The maximum absolute atomic E-state index is 11.7. The fourth-order valence-corrected chi connectivity index (χ4v) is 1.59. The van der Waals surface area contributed by atoms with Gasteiger partial charge in [-0.2, -0.15) is 0 Å². The monoisotopic (exact) mass is 246 g/mol. The molecule has 5 heteroatoms. The summed E-state index contributed by atoms with van der Waals surface area (Å²) in [5.41, 5.74) is -0.133. The van der Waals surface area contributed by atoms with Crippen LogP contribution in [0, 0.1) is 0 Å². The predicted octanol–water partition coefficient (Wildman–Crippen LogP) is 0.663. The van der Waals surface area contributed by atoms with Gasteiger partial charge in [0.1, 0.15) is 12.4 Å². The third-order valence-corrected chi connectivity index (χ3v) is 2.76. The number of nitrogens with zero attached hydrogens (tertiary/aromatic N) is 2. The van der Waals surface area contributed by atoms with Gasteiger partial charge in [-0.15, -0.1) is 0 Å². The molecule has 2 rings (SSSR count). The largest absolute Gasteiger partial charge is 0.487 e. The second-order valence-corrected chi connectivity index (χ2v) is 3.98. The van der Waals surface area contributed by atoms with Crippen LogP contribution in [0.1, 0.15) is 5.69 Å². The first-order valence-electron chi connectivity index (χ1n) is 5.53. The van der Waals surface area contributed by atoms with Crippen molar-refractivity contribution in [3.63, 3.8) is 0 Å². The molecule has 1 aromatic carbocycles. The Morgan fingerprint density at radius 3 is 2.39 bits per heavy atom. The molecule has 0 spiro atoms.